The van der Waals surface area contributed by atoms with Crippen LogP contribution in [0.15, 0.2) is 16.6 Å². The van der Waals surface area contributed by atoms with Crippen molar-refractivity contribution < 1.29 is 19.4 Å². The van der Waals surface area contributed by atoms with Crippen LogP contribution in [0.2, 0.25) is 0 Å². The van der Waals surface area contributed by atoms with Gasteiger partial charge in [0.05, 0.1) is 24.3 Å². The largest absolute Gasteiger partial charge is 0.497 e. The van der Waals surface area contributed by atoms with Crippen LogP contribution in [0.4, 0.5) is 0 Å². The predicted molar refractivity (Wildman–Crippen MR) is 80.5 cm³/mol. The molecule has 0 aromatic heterocycles. The van der Waals surface area contributed by atoms with Crippen molar-refractivity contribution >= 4 is 21.8 Å². The smallest absolute Gasteiger partial charge is 0.255 e. The maximum atomic E-state index is 12.2. The van der Waals surface area contributed by atoms with Gasteiger partial charge in [0.25, 0.3) is 5.91 Å². The molecule has 112 valence electrons. The molecule has 0 saturated heterocycles. The Morgan fingerprint density at radius 3 is 2.60 bits per heavy atom. The van der Waals surface area contributed by atoms with Crippen LogP contribution >= 0.6 is 15.9 Å². The van der Waals surface area contributed by atoms with Crippen LogP contribution in [0.3, 0.4) is 0 Å². The standard InChI is InChI=1S/C14H20BrNO4/c1-19-10-8-11(13(20-2)12(15)9-10)14(18)16-6-4-3-5-7-17/h8-9,17H,3-7H2,1-2H3,(H,16,18). The third kappa shape index (κ3) is 4.68. The number of aliphatic hydroxyl groups excluding tert-OH is 1. The number of carbonyl (C=O) groups excluding carboxylic acids is 1. The predicted octanol–water partition coefficient (Wildman–Crippen LogP) is 2.36. The zero-order valence-electron chi connectivity index (χ0n) is 11.7. The van der Waals surface area contributed by atoms with Gasteiger partial charge in [-0.25, -0.2) is 0 Å². The minimum absolute atomic E-state index is 0.185. The van der Waals surface area contributed by atoms with Gasteiger partial charge in [-0.3, -0.25) is 4.79 Å². The van der Waals surface area contributed by atoms with Gasteiger partial charge in [0.15, 0.2) is 0 Å². The molecule has 1 aromatic rings. The summed E-state index contributed by atoms with van der Waals surface area (Å²) in [5.74, 6) is 0.868. The summed E-state index contributed by atoms with van der Waals surface area (Å²) in [6, 6.07) is 3.39. The van der Waals surface area contributed by atoms with Gasteiger partial charge in [0, 0.05) is 13.2 Å². The Kier molecular flexibility index (Phi) is 7.40. The summed E-state index contributed by atoms with van der Waals surface area (Å²) >= 11 is 3.36. The quantitative estimate of drug-likeness (QED) is 0.709. The minimum Gasteiger partial charge on any atom is -0.497 e. The number of rotatable bonds is 8. The van der Waals surface area contributed by atoms with Crippen molar-refractivity contribution in [2.75, 3.05) is 27.4 Å². The van der Waals surface area contributed by atoms with E-state index in [1.807, 2.05) is 0 Å². The third-order valence-corrected chi connectivity index (χ3v) is 3.41. The first-order valence-electron chi connectivity index (χ1n) is 6.44. The molecule has 2 N–H and O–H groups in total. The van der Waals surface area contributed by atoms with E-state index in [0.717, 1.165) is 19.3 Å². The first-order valence-corrected chi connectivity index (χ1v) is 7.24. The summed E-state index contributed by atoms with van der Waals surface area (Å²) in [6.45, 7) is 0.751. The van der Waals surface area contributed by atoms with Crippen molar-refractivity contribution in [2.24, 2.45) is 0 Å². The van der Waals surface area contributed by atoms with E-state index in [-0.39, 0.29) is 12.5 Å². The molecule has 0 atom stereocenters. The molecule has 0 unspecified atom stereocenters. The Balaban J connectivity index is 2.73. The Bertz CT molecular complexity index is 451. The van der Waals surface area contributed by atoms with E-state index in [2.05, 4.69) is 21.2 Å². The average Bonchev–Trinajstić information content (AvgIpc) is 2.45. The molecule has 0 aliphatic heterocycles. The summed E-state index contributed by atoms with van der Waals surface area (Å²) in [5.41, 5.74) is 0.431. The molecule has 0 saturated carbocycles. The molecule has 0 aliphatic rings. The second-order valence-electron chi connectivity index (χ2n) is 4.23. The Morgan fingerprint density at radius 2 is 2.00 bits per heavy atom. The number of methoxy groups -OCH3 is 2. The van der Waals surface area contributed by atoms with E-state index in [9.17, 15) is 4.79 Å². The molecule has 5 nitrogen and oxygen atoms in total. The molecule has 0 radical (unpaired) electrons. The first kappa shape index (κ1) is 16.8. The normalized spacial score (nSPS) is 10.2. The van der Waals surface area contributed by atoms with Crippen LogP contribution in [0.1, 0.15) is 29.6 Å². The zero-order chi connectivity index (χ0) is 15.0. The van der Waals surface area contributed by atoms with E-state index in [1.54, 1.807) is 19.2 Å². The topological polar surface area (TPSA) is 67.8 Å². The Morgan fingerprint density at radius 1 is 1.25 bits per heavy atom. The second kappa shape index (κ2) is 8.81. The fourth-order valence-corrected chi connectivity index (χ4v) is 2.37. The lowest BCUT2D eigenvalue weighted by Crippen LogP contribution is -2.25. The van der Waals surface area contributed by atoms with E-state index < -0.39 is 0 Å². The molecule has 0 fully saturated rings. The Labute approximate surface area is 127 Å². The highest BCUT2D eigenvalue weighted by atomic mass is 79.9. The van der Waals surface area contributed by atoms with Crippen LogP contribution in [-0.2, 0) is 0 Å². The highest BCUT2D eigenvalue weighted by molar-refractivity contribution is 9.10. The number of unbranched alkanes of at least 4 members (excludes halogenated alkanes) is 2. The SMILES string of the molecule is COc1cc(Br)c(OC)c(C(=O)NCCCCCO)c1. The summed E-state index contributed by atoms with van der Waals surface area (Å²) in [5, 5.41) is 11.5. The highest BCUT2D eigenvalue weighted by Gasteiger charge is 2.16. The van der Waals surface area contributed by atoms with Crippen molar-refractivity contribution in [1.82, 2.24) is 5.32 Å². The van der Waals surface area contributed by atoms with Gasteiger partial charge in [-0.05, 0) is 47.3 Å². The van der Waals surface area contributed by atoms with Gasteiger partial charge in [-0.1, -0.05) is 0 Å². The van der Waals surface area contributed by atoms with Gasteiger partial charge in [-0.15, -0.1) is 0 Å². The molecule has 1 rings (SSSR count). The number of hydrogen-bond acceptors (Lipinski definition) is 4. The van der Waals surface area contributed by atoms with E-state index in [4.69, 9.17) is 14.6 Å². The van der Waals surface area contributed by atoms with Crippen LogP contribution in [0.5, 0.6) is 11.5 Å². The lowest BCUT2D eigenvalue weighted by molar-refractivity contribution is 0.0949. The molecule has 20 heavy (non-hydrogen) atoms. The number of ether oxygens (including phenoxy) is 2. The molecular weight excluding hydrogens is 326 g/mol. The van der Waals surface area contributed by atoms with Crippen LogP contribution in [0, 0.1) is 0 Å². The van der Waals surface area contributed by atoms with Gasteiger partial charge in [-0.2, -0.15) is 0 Å². The van der Waals surface area contributed by atoms with Crippen molar-refractivity contribution in [1.29, 1.82) is 0 Å². The summed E-state index contributed by atoms with van der Waals surface area (Å²) in [7, 11) is 3.06. The van der Waals surface area contributed by atoms with Crippen molar-refractivity contribution in [3.05, 3.63) is 22.2 Å². The van der Waals surface area contributed by atoms with Crippen molar-refractivity contribution in [3.8, 4) is 11.5 Å². The molecule has 6 heteroatoms. The maximum absolute atomic E-state index is 12.2. The molecule has 0 spiro atoms. The van der Waals surface area contributed by atoms with Gasteiger partial charge in [0.1, 0.15) is 11.5 Å². The van der Waals surface area contributed by atoms with Crippen LogP contribution in [-0.4, -0.2) is 38.4 Å². The maximum Gasteiger partial charge on any atom is 0.255 e. The van der Waals surface area contributed by atoms with E-state index >= 15 is 0 Å². The highest BCUT2D eigenvalue weighted by Crippen LogP contribution is 2.33. The zero-order valence-corrected chi connectivity index (χ0v) is 13.3. The monoisotopic (exact) mass is 345 g/mol. The number of halogens is 1. The van der Waals surface area contributed by atoms with Gasteiger partial charge < -0.3 is 19.9 Å². The second-order valence-corrected chi connectivity index (χ2v) is 5.08. The molecule has 0 bridgehead atoms. The van der Waals surface area contributed by atoms with Crippen LogP contribution < -0.4 is 14.8 Å². The first-order chi connectivity index (χ1) is 9.63. The molecule has 1 amide bonds. The fourth-order valence-electron chi connectivity index (χ4n) is 1.77. The number of aliphatic hydroxyl groups is 1. The van der Waals surface area contributed by atoms with Crippen LogP contribution in [0.25, 0.3) is 0 Å². The summed E-state index contributed by atoms with van der Waals surface area (Å²) in [4.78, 5) is 12.2. The van der Waals surface area contributed by atoms with Gasteiger partial charge >= 0.3 is 0 Å². The van der Waals surface area contributed by atoms with E-state index in [0.29, 0.717) is 28.1 Å². The number of amides is 1. The van der Waals surface area contributed by atoms with E-state index in [1.165, 1.54) is 7.11 Å². The summed E-state index contributed by atoms with van der Waals surface area (Å²) in [6.07, 6.45) is 2.47. The number of hydrogen-bond donors (Lipinski definition) is 2. The molecule has 0 aliphatic carbocycles. The van der Waals surface area contributed by atoms with Crippen molar-refractivity contribution in [3.63, 3.8) is 0 Å². The summed E-state index contributed by atoms with van der Waals surface area (Å²) < 4.78 is 11.1. The van der Waals surface area contributed by atoms with Crippen molar-refractivity contribution in [2.45, 2.75) is 19.3 Å². The number of nitrogens with one attached hydrogen (secondary N) is 1. The third-order valence-electron chi connectivity index (χ3n) is 2.82. The van der Waals surface area contributed by atoms with Gasteiger partial charge in [0.2, 0.25) is 0 Å². The lowest BCUT2D eigenvalue weighted by atomic mass is 10.1. The number of carbonyl (C=O) groups is 1. The molecular formula is C14H20BrNO4. The minimum atomic E-state index is -0.203. The molecule has 0 heterocycles. The Hall–Kier alpha value is -1.27. The average molecular weight is 346 g/mol. The lowest BCUT2D eigenvalue weighted by Gasteiger charge is -2.12. The molecule has 1 aromatic carbocycles. The number of benzene rings is 1. The fraction of sp³-hybridized carbons (Fsp3) is 0.500.